The van der Waals surface area contributed by atoms with Crippen LogP contribution in [-0.4, -0.2) is 16.4 Å². The van der Waals surface area contributed by atoms with Crippen molar-refractivity contribution in [3.8, 4) is 0 Å². The number of halogens is 1. The van der Waals surface area contributed by atoms with E-state index in [0.717, 1.165) is 16.9 Å². The minimum atomic E-state index is 0.458. The lowest BCUT2D eigenvalue weighted by molar-refractivity contribution is 0.578. The molecule has 0 radical (unpaired) electrons. The minimum Gasteiger partial charge on any atom is -0.155 e. The Balaban J connectivity index is 2.26. The van der Waals surface area contributed by atoms with Gasteiger partial charge >= 0.3 is 0 Å². The second-order valence-corrected chi connectivity index (χ2v) is 4.33. The molecule has 0 bridgehead atoms. The molecular formula is C6H11ClS. The SMILES string of the molecule is CC(C)C1SCC1Cl. The molecule has 1 fully saturated rings. The molecular weight excluding hydrogens is 140 g/mol. The van der Waals surface area contributed by atoms with Gasteiger partial charge in [0.15, 0.2) is 0 Å². The smallest absolute Gasteiger partial charge is 0.0547 e. The Hall–Kier alpha value is 0.640. The van der Waals surface area contributed by atoms with Gasteiger partial charge in [-0.2, -0.15) is 11.8 Å². The van der Waals surface area contributed by atoms with Crippen LogP contribution in [0.5, 0.6) is 0 Å². The summed E-state index contributed by atoms with van der Waals surface area (Å²) in [6.45, 7) is 4.46. The van der Waals surface area contributed by atoms with Crippen LogP contribution in [0.2, 0.25) is 0 Å². The van der Waals surface area contributed by atoms with Crippen LogP contribution in [0.1, 0.15) is 13.8 Å². The van der Waals surface area contributed by atoms with Crippen LogP contribution in [0.4, 0.5) is 0 Å². The molecule has 2 atom stereocenters. The number of rotatable bonds is 1. The van der Waals surface area contributed by atoms with E-state index in [2.05, 4.69) is 13.8 Å². The van der Waals surface area contributed by atoms with Crippen LogP contribution >= 0.6 is 23.4 Å². The molecule has 1 heterocycles. The fourth-order valence-electron chi connectivity index (χ4n) is 0.890. The van der Waals surface area contributed by atoms with Crippen molar-refractivity contribution in [2.45, 2.75) is 24.5 Å². The maximum absolute atomic E-state index is 5.89. The van der Waals surface area contributed by atoms with Crippen molar-refractivity contribution >= 4 is 23.4 Å². The molecule has 0 nitrogen and oxygen atoms in total. The molecule has 0 aromatic rings. The van der Waals surface area contributed by atoms with Crippen molar-refractivity contribution in [1.29, 1.82) is 0 Å². The third-order valence-corrected chi connectivity index (χ3v) is 4.03. The number of alkyl halides is 1. The number of hydrogen-bond acceptors (Lipinski definition) is 1. The normalized spacial score (nSPS) is 37.5. The van der Waals surface area contributed by atoms with E-state index in [-0.39, 0.29) is 0 Å². The molecule has 2 unspecified atom stereocenters. The summed E-state index contributed by atoms with van der Waals surface area (Å²) in [4.78, 5) is 0. The second kappa shape index (κ2) is 2.49. The van der Waals surface area contributed by atoms with Crippen molar-refractivity contribution in [2.24, 2.45) is 5.92 Å². The third-order valence-electron chi connectivity index (χ3n) is 1.46. The standard InChI is InChI=1S/C6H11ClS/c1-4(2)6-5(7)3-8-6/h4-6H,3H2,1-2H3. The summed E-state index contributed by atoms with van der Waals surface area (Å²) in [5.74, 6) is 1.92. The Morgan fingerprint density at radius 3 is 2.25 bits per heavy atom. The largest absolute Gasteiger partial charge is 0.155 e. The van der Waals surface area contributed by atoms with E-state index >= 15 is 0 Å². The summed E-state index contributed by atoms with van der Waals surface area (Å²) < 4.78 is 0. The zero-order chi connectivity index (χ0) is 6.15. The fourth-order valence-corrected chi connectivity index (χ4v) is 2.56. The summed E-state index contributed by atoms with van der Waals surface area (Å²) in [6.07, 6.45) is 0. The van der Waals surface area contributed by atoms with Gasteiger partial charge in [-0.25, -0.2) is 0 Å². The first-order valence-electron chi connectivity index (χ1n) is 2.97. The summed E-state index contributed by atoms with van der Waals surface area (Å²) in [7, 11) is 0. The average Bonchev–Trinajstić information content (AvgIpc) is 1.61. The van der Waals surface area contributed by atoms with Crippen molar-refractivity contribution in [2.75, 3.05) is 5.75 Å². The van der Waals surface area contributed by atoms with Gasteiger partial charge in [-0.15, -0.1) is 11.6 Å². The van der Waals surface area contributed by atoms with Gasteiger partial charge in [0, 0.05) is 11.0 Å². The first-order valence-corrected chi connectivity index (χ1v) is 4.46. The predicted molar refractivity (Wildman–Crippen MR) is 40.7 cm³/mol. The van der Waals surface area contributed by atoms with Gasteiger partial charge in [-0.1, -0.05) is 13.8 Å². The lowest BCUT2D eigenvalue weighted by Crippen LogP contribution is -2.35. The average molecular weight is 151 g/mol. The molecule has 0 aromatic carbocycles. The van der Waals surface area contributed by atoms with Crippen LogP contribution in [0.15, 0.2) is 0 Å². The summed E-state index contributed by atoms with van der Waals surface area (Å²) in [5.41, 5.74) is 0. The Bertz CT molecular complexity index is 77.8. The zero-order valence-corrected chi connectivity index (χ0v) is 6.80. The summed E-state index contributed by atoms with van der Waals surface area (Å²) in [5, 5.41) is 1.19. The van der Waals surface area contributed by atoms with Gasteiger partial charge < -0.3 is 0 Å². The number of hydrogen-bond donors (Lipinski definition) is 0. The molecule has 0 amide bonds. The van der Waals surface area contributed by atoms with Crippen molar-refractivity contribution in [3.63, 3.8) is 0 Å². The Morgan fingerprint density at radius 2 is 2.25 bits per heavy atom. The topological polar surface area (TPSA) is 0 Å². The van der Waals surface area contributed by atoms with E-state index in [1.807, 2.05) is 11.8 Å². The molecule has 0 spiro atoms. The molecule has 0 N–H and O–H groups in total. The minimum absolute atomic E-state index is 0.458. The van der Waals surface area contributed by atoms with Gasteiger partial charge in [0.05, 0.1) is 5.38 Å². The lowest BCUT2D eigenvalue weighted by Gasteiger charge is -2.34. The van der Waals surface area contributed by atoms with E-state index < -0.39 is 0 Å². The molecule has 0 saturated carbocycles. The van der Waals surface area contributed by atoms with E-state index in [9.17, 15) is 0 Å². The van der Waals surface area contributed by atoms with Gasteiger partial charge in [0.1, 0.15) is 0 Å². The predicted octanol–water partition coefficient (Wildman–Crippen LogP) is 2.37. The van der Waals surface area contributed by atoms with Gasteiger partial charge in [-0.05, 0) is 5.92 Å². The summed E-state index contributed by atoms with van der Waals surface area (Å²) >= 11 is 7.88. The highest BCUT2D eigenvalue weighted by Crippen LogP contribution is 2.37. The first-order chi connectivity index (χ1) is 3.72. The molecule has 8 heavy (non-hydrogen) atoms. The van der Waals surface area contributed by atoms with E-state index in [0.29, 0.717) is 5.38 Å². The van der Waals surface area contributed by atoms with E-state index in [4.69, 9.17) is 11.6 Å². The van der Waals surface area contributed by atoms with Crippen LogP contribution < -0.4 is 0 Å². The monoisotopic (exact) mass is 150 g/mol. The Labute approximate surface area is 60.0 Å². The van der Waals surface area contributed by atoms with Crippen molar-refractivity contribution in [1.82, 2.24) is 0 Å². The molecule has 1 rings (SSSR count). The van der Waals surface area contributed by atoms with Crippen LogP contribution in [-0.2, 0) is 0 Å². The van der Waals surface area contributed by atoms with Crippen LogP contribution in [0.25, 0.3) is 0 Å². The highest BCUT2D eigenvalue weighted by Gasteiger charge is 2.31. The van der Waals surface area contributed by atoms with Crippen LogP contribution in [0, 0.1) is 5.92 Å². The molecule has 1 saturated heterocycles. The lowest BCUT2D eigenvalue weighted by atomic mass is 10.1. The van der Waals surface area contributed by atoms with Crippen molar-refractivity contribution in [3.05, 3.63) is 0 Å². The maximum atomic E-state index is 5.89. The molecule has 0 aliphatic carbocycles. The highest BCUT2D eigenvalue weighted by atomic mass is 35.5. The van der Waals surface area contributed by atoms with Crippen molar-refractivity contribution < 1.29 is 0 Å². The van der Waals surface area contributed by atoms with Gasteiger partial charge in [0.2, 0.25) is 0 Å². The second-order valence-electron chi connectivity index (χ2n) is 2.56. The zero-order valence-electron chi connectivity index (χ0n) is 5.23. The summed E-state index contributed by atoms with van der Waals surface area (Å²) in [6, 6.07) is 0. The Morgan fingerprint density at radius 1 is 1.62 bits per heavy atom. The van der Waals surface area contributed by atoms with Gasteiger partial charge in [-0.3, -0.25) is 0 Å². The first kappa shape index (κ1) is 6.76. The number of thioether (sulfide) groups is 1. The third kappa shape index (κ3) is 1.14. The van der Waals surface area contributed by atoms with Gasteiger partial charge in [0.25, 0.3) is 0 Å². The Kier molecular flexibility index (Phi) is 2.10. The molecule has 0 aromatic heterocycles. The maximum Gasteiger partial charge on any atom is 0.0547 e. The molecule has 1 aliphatic rings. The van der Waals surface area contributed by atoms with E-state index in [1.54, 1.807) is 0 Å². The highest BCUT2D eigenvalue weighted by molar-refractivity contribution is 8.01. The molecule has 48 valence electrons. The fraction of sp³-hybridized carbons (Fsp3) is 1.00. The molecule has 2 heteroatoms. The quantitative estimate of drug-likeness (QED) is 0.518. The van der Waals surface area contributed by atoms with E-state index in [1.165, 1.54) is 0 Å². The van der Waals surface area contributed by atoms with Crippen LogP contribution in [0.3, 0.4) is 0 Å². The molecule has 1 aliphatic heterocycles.